The molecule has 1 aromatic rings. The third kappa shape index (κ3) is 5.76. The molecule has 0 bridgehead atoms. The Morgan fingerprint density at radius 3 is 2.58 bits per heavy atom. The van der Waals surface area contributed by atoms with Crippen LogP contribution in [0, 0.1) is 0 Å². The fraction of sp³-hybridized carbons (Fsp3) is 0.286. The Kier molecular flexibility index (Phi) is 7.50. The molecule has 2 amide bonds. The zero-order valence-corrected chi connectivity index (χ0v) is 13.7. The summed E-state index contributed by atoms with van der Waals surface area (Å²) >= 11 is 6.06. The number of halogens is 1. The predicted octanol–water partition coefficient (Wildman–Crippen LogP) is 0.398. The standard InChI is InChI=1S/C14H16ClN3O6/c1-3-23-10-5-8(6-17-18-14(22)13(21)16-2)4-9(15)12(10)24-7-11(19)20/h4-6H,3,7H2,1-2H3,(H,16,21)(H,18,22)(H,19,20)/b17-6-. The fourth-order valence-corrected chi connectivity index (χ4v) is 1.80. The van der Waals surface area contributed by atoms with E-state index < -0.39 is 24.4 Å². The summed E-state index contributed by atoms with van der Waals surface area (Å²) in [6, 6.07) is 2.94. The van der Waals surface area contributed by atoms with E-state index >= 15 is 0 Å². The molecule has 1 rings (SSSR count). The normalized spacial score (nSPS) is 10.3. The van der Waals surface area contributed by atoms with Gasteiger partial charge in [0.05, 0.1) is 17.8 Å². The van der Waals surface area contributed by atoms with E-state index in [9.17, 15) is 14.4 Å². The molecule has 0 unspecified atom stereocenters. The van der Waals surface area contributed by atoms with Crippen LogP contribution in [0.4, 0.5) is 0 Å². The molecule has 0 fully saturated rings. The number of rotatable bonds is 7. The molecule has 1 aromatic carbocycles. The number of carbonyl (C=O) groups is 3. The third-order valence-electron chi connectivity index (χ3n) is 2.48. The molecule has 10 heteroatoms. The molecule has 24 heavy (non-hydrogen) atoms. The van der Waals surface area contributed by atoms with Crippen molar-refractivity contribution in [2.45, 2.75) is 6.92 Å². The van der Waals surface area contributed by atoms with Crippen LogP contribution >= 0.6 is 11.6 Å². The van der Waals surface area contributed by atoms with Gasteiger partial charge >= 0.3 is 17.8 Å². The number of likely N-dealkylation sites (N-methyl/N-ethyl adjacent to an activating group) is 1. The highest BCUT2D eigenvalue weighted by Crippen LogP contribution is 2.36. The molecular formula is C14H16ClN3O6. The lowest BCUT2D eigenvalue weighted by atomic mass is 10.2. The van der Waals surface area contributed by atoms with Crippen LogP contribution in [0.15, 0.2) is 17.2 Å². The maximum Gasteiger partial charge on any atom is 0.341 e. The molecule has 9 nitrogen and oxygen atoms in total. The van der Waals surface area contributed by atoms with E-state index in [0.29, 0.717) is 12.2 Å². The number of amides is 2. The molecule has 0 spiro atoms. The van der Waals surface area contributed by atoms with Gasteiger partial charge in [0.15, 0.2) is 18.1 Å². The van der Waals surface area contributed by atoms with Crippen LogP contribution < -0.4 is 20.2 Å². The summed E-state index contributed by atoms with van der Waals surface area (Å²) in [6.45, 7) is 1.46. The van der Waals surface area contributed by atoms with E-state index in [-0.39, 0.29) is 16.5 Å². The second-order valence-electron chi connectivity index (χ2n) is 4.22. The Morgan fingerprint density at radius 1 is 1.29 bits per heavy atom. The summed E-state index contributed by atoms with van der Waals surface area (Å²) in [5, 5.41) is 14.6. The lowest BCUT2D eigenvalue weighted by molar-refractivity contribution is -0.139. The Labute approximate surface area is 142 Å². The maximum absolute atomic E-state index is 11.2. The van der Waals surface area contributed by atoms with Crippen molar-refractivity contribution >= 4 is 35.6 Å². The van der Waals surface area contributed by atoms with Gasteiger partial charge in [0.1, 0.15) is 0 Å². The number of ether oxygens (including phenoxy) is 2. The van der Waals surface area contributed by atoms with Gasteiger partial charge in [-0.2, -0.15) is 5.10 Å². The number of carboxylic acid groups (broad SMARTS) is 1. The first-order chi connectivity index (χ1) is 11.4. The first kappa shape index (κ1) is 19.2. The Morgan fingerprint density at radius 2 is 2.00 bits per heavy atom. The molecule has 130 valence electrons. The molecule has 0 aliphatic rings. The number of carbonyl (C=O) groups excluding carboxylic acids is 2. The zero-order chi connectivity index (χ0) is 18.1. The van der Waals surface area contributed by atoms with Crippen LogP contribution in [0.3, 0.4) is 0 Å². The fourth-order valence-electron chi connectivity index (χ4n) is 1.53. The third-order valence-corrected chi connectivity index (χ3v) is 2.77. The number of carboxylic acids is 1. The minimum atomic E-state index is -1.16. The van der Waals surface area contributed by atoms with Crippen molar-refractivity contribution in [2.75, 3.05) is 20.3 Å². The molecular weight excluding hydrogens is 342 g/mol. The van der Waals surface area contributed by atoms with Gasteiger partial charge in [0, 0.05) is 7.05 Å². The minimum absolute atomic E-state index is 0.0902. The first-order valence-electron chi connectivity index (χ1n) is 6.75. The molecule has 0 aliphatic heterocycles. The Bertz CT molecular complexity index is 662. The second-order valence-corrected chi connectivity index (χ2v) is 4.63. The highest BCUT2D eigenvalue weighted by Gasteiger charge is 2.14. The van der Waals surface area contributed by atoms with Gasteiger partial charge in [-0.05, 0) is 24.6 Å². The Balaban J connectivity index is 2.95. The molecule has 3 N–H and O–H groups in total. The number of benzene rings is 1. The second kappa shape index (κ2) is 9.36. The summed E-state index contributed by atoms with van der Waals surface area (Å²) in [5.74, 6) is -2.60. The van der Waals surface area contributed by atoms with Crippen LogP contribution in [0.2, 0.25) is 5.02 Å². The van der Waals surface area contributed by atoms with Gasteiger partial charge < -0.3 is 19.9 Å². The van der Waals surface area contributed by atoms with E-state index in [4.69, 9.17) is 26.2 Å². The molecule has 0 radical (unpaired) electrons. The highest BCUT2D eigenvalue weighted by molar-refractivity contribution is 6.35. The van der Waals surface area contributed by atoms with Crippen LogP contribution in [-0.2, 0) is 14.4 Å². The summed E-state index contributed by atoms with van der Waals surface area (Å²) in [5.41, 5.74) is 2.48. The number of hydrogen-bond acceptors (Lipinski definition) is 6. The van der Waals surface area contributed by atoms with E-state index in [2.05, 4.69) is 10.4 Å². The molecule has 0 heterocycles. The zero-order valence-electron chi connectivity index (χ0n) is 13.0. The lowest BCUT2D eigenvalue weighted by Crippen LogP contribution is -2.35. The van der Waals surface area contributed by atoms with Gasteiger partial charge in [0.25, 0.3) is 0 Å². The molecule has 0 aromatic heterocycles. The number of nitrogens with one attached hydrogen (secondary N) is 2. The van der Waals surface area contributed by atoms with E-state index in [1.807, 2.05) is 5.43 Å². The predicted molar refractivity (Wildman–Crippen MR) is 85.6 cm³/mol. The van der Waals surface area contributed by atoms with E-state index in [1.165, 1.54) is 25.4 Å². The van der Waals surface area contributed by atoms with Gasteiger partial charge in [-0.3, -0.25) is 9.59 Å². The summed E-state index contributed by atoms with van der Waals surface area (Å²) in [4.78, 5) is 32.9. The number of aliphatic carboxylic acids is 1. The van der Waals surface area contributed by atoms with Gasteiger partial charge in [0.2, 0.25) is 0 Å². The van der Waals surface area contributed by atoms with Gasteiger partial charge in [-0.25, -0.2) is 10.2 Å². The van der Waals surface area contributed by atoms with Crippen molar-refractivity contribution in [3.05, 3.63) is 22.7 Å². The van der Waals surface area contributed by atoms with Crippen LogP contribution in [-0.4, -0.2) is 49.4 Å². The van der Waals surface area contributed by atoms with Crippen LogP contribution in [0.5, 0.6) is 11.5 Å². The SMILES string of the molecule is CCOc1cc(/C=N\NC(=O)C(=O)NC)cc(Cl)c1OCC(=O)O. The van der Waals surface area contributed by atoms with Crippen molar-refractivity contribution in [2.24, 2.45) is 5.10 Å². The number of nitrogens with zero attached hydrogens (tertiary/aromatic N) is 1. The lowest BCUT2D eigenvalue weighted by Gasteiger charge is -2.13. The number of hydrazone groups is 1. The van der Waals surface area contributed by atoms with Gasteiger partial charge in [-0.1, -0.05) is 11.6 Å². The van der Waals surface area contributed by atoms with Crippen molar-refractivity contribution < 1.29 is 29.0 Å². The van der Waals surface area contributed by atoms with Crippen molar-refractivity contribution in [1.29, 1.82) is 0 Å². The molecule has 0 aliphatic carbocycles. The molecule has 0 saturated heterocycles. The van der Waals surface area contributed by atoms with Crippen LogP contribution in [0.1, 0.15) is 12.5 Å². The van der Waals surface area contributed by atoms with Gasteiger partial charge in [-0.15, -0.1) is 0 Å². The van der Waals surface area contributed by atoms with Crippen molar-refractivity contribution in [3.8, 4) is 11.5 Å². The summed E-state index contributed by atoms with van der Waals surface area (Å²) in [6.07, 6.45) is 1.25. The quantitative estimate of drug-likeness (QED) is 0.368. The van der Waals surface area contributed by atoms with Crippen molar-refractivity contribution in [3.63, 3.8) is 0 Å². The minimum Gasteiger partial charge on any atom is -0.490 e. The van der Waals surface area contributed by atoms with E-state index in [0.717, 1.165) is 0 Å². The molecule has 0 atom stereocenters. The Hall–Kier alpha value is -2.81. The van der Waals surface area contributed by atoms with Crippen LogP contribution in [0.25, 0.3) is 0 Å². The maximum atomic E-state index is 11.2. The molecule has 0 saturated carbocycles. The summed E-state index contributed by atoms with van der Waals surface area (Å²) in [7, 11) is 1.32. The first-order valence-corrected chi connectivity index (χ1v) is 7.12. The average molecular weight is 358 g/mol. The smallest absolute Gasteiger partial charge is 0.341 e. The monoisotopic (exact) mass is 357 g/mol. The topological polar surface area (TPSA) is 126 Å². The highest BCUT2D eigenvalue weighted by atomic mass is 35.5. The van der Waals surface area contributed by atoms with Crippen molar-refractivity contribution in [1.82, 2.24) is 10.7 Å². The summed E-state index contributed by atoms with van der Waals surface area (Å²) < 4.78 is 10.5. The van der Waals surface area contributed by atoms with E-state index in [1.54, 1.807) is 6.92 Å². The number of hydrogen-bond donors (Lipinski definition) is 3. The largest absolute Gasteiger partial charge is 0.490 e. The average Bonchev–Trinajstić information content (AvgIpc) is 2.53.